The summed E-state index contributed by atoms with van der Waals surface area (Å²) in [6, 6.07) is 10.8. The number of carbonyl (C=O) groups is 3. The maximum Gasteiger partial charge on any atom is 0.341 e. The normalized spacial score (nSPS) is 12.3. The van der Waals surface area contributed by atoms with E-state index in [0.29, 0.717) is 17.0 Å². The van der Waals surface area contributed by atoms with Gasteiger partial charge in [0.1, 0.15) is 5.75 Å². The summed E-state index contributed by atoms with van der Waals surface area (Å²) in [5, 5.41) is 11.4. The zero-order valence-corrected chi connectivity index (χ0v) is 15.8. The number of nitrogens with one attached hydrogen (secondary N) is 1. The molecule has 0 saturated heterocycles. The molecule has 1 aliphatic carbocycles. The summed E-state index contributed by atoms with van der Waals surface area (Å²) in [4.78, 5) is 35.2. The number of amides is 1. The fourth-order valence-corrected chi connectivity index (χ4v) is 3.34. The number of hydrogen-bond donors (Lipinski definition) is 2. The van der Waals surface area contributed by atoms with Crippen molar-refractivity contribution in [3.63, 3.8) is 0 Å². The number of ether oxygens (including phenoxy) is 1. The molecule has 6 heteroatoms. The average molecular weight is 381 g/mol. The number of aliphatic carboxylic acids is 1. The Balaban J connectivity index is 1.52. The number of carbonyl (C=O) groups excluding carboxylic acids is 2. The smallest absolute Gasteiger partial charge is 0.341 e. The SMILES string of the molecule is Cc1cc(OCC(=O)O)ccc1NC(=O)CCC(=O)c1ccc2c(c1)CCC2. The van der Waals surface area contributed by atoms with Crippen LogP contribution >= 0.6 is 0 Å². The van der Waals surface area contributed by atoms with Crippen LogP contribution in [0.2, 0.25) is 0 Å². The van der Waals surface area contributed by atoms with E-state index in [4.69, 9.17) is 9.84 Å². The number of anilines is 1. The Morgan fingerprint density at radius 2 is 1.82 bits per heavy atom. The van der Waals surface area contributed by atoms with E-state index < -0.39 is 12.6 Å². The van der Waals surface area contributed by atoms with Gasteiger partial charge in [0.25, 0.3) is 0 Å². The summed E-state index contributed by atoms with van der Waals surface area (Å²) >= 11 is 0. The maximum atomic E-state index is 12.4. The summed E-state index contributed by atoms with van der Waals surface area (Å²) in [6.45, 7) is 1.37. The van der Waals surface area contributed by atoms with Crippen molar-refractivity contribution in [3.05, 3.63) is 58.7 Å². The van der Waals surface area contributed by atoms with Gasteiger partial charge in [-0.15, -0.1) is 0 Å². The second-order valence-corrected chi connectivity index (χ2v) is 6.97. The van der Waals surface area contributed by atoms with Crippen molar-refractivity contribution in [1.82, 2.24) is 0 Å². The zero-order chi connectivity index (χ0) is 20.1. The van der Waals surface area contributed by atoms with Crippen LogP contribution < -0.4 is 10.1 Å². The minimum Gasteiger partial charge on any atom is -0.482 e. The van der Waals surface area contributed by atoms with Gasteiger partial charge in [0.2, 0.25) is 5.91 Å². The molecule has 0 radical (unpaired) electrons. The van der Waals surface area contributed by atoms with Gasteiger partial charge in [0.15, 0.2) is 12.4 Å². The third-order valence-electron chi connectivity index (χ3n) is 4.83. The molecule has 2 aromatic carbocycles. The molecule has 0 saturated carbocycles. The first-order valence-electron chi connectivity index (χ1n) is 9.32. The van der Waals surface area contributed by atoms with E-state index in [2.05, 4.69) is 5.32 Å². The molecule has 0 aliphatic heterocycles. The molecule has 0 heterocycles. The minimum absolute atomic E-state index is 0.0287. The topological polar surface area (TPSA) is 92.7 Å². The lowest BCUT2D eigenvalue weighted by Crippen LogP contribution is -2.14. The molecule has 3 rings (SSSR count). The predicted octanol–water partition coefficient (Wildman–Crippen LogP) is 3.55. The van der Waals surface area contributed by atoms with Crippen molar-refractivity contribution in [2.75, 3.05) is 11.9 Å². The van der Waals surface area contributed by atoms with Crippen molar-refractivity contribution in [1.29, 1.82) is 0 Å². The van der Waals surface area contributed by atoms with Crippen LogP contribution in [-0.2, 0) is 22.4 Å². The third kappa shape index (κ3) is 4.97. The van der Waals surface area contributed by atoms with Gasteiger partial charge in [-0.3, -0.25) is 9.59 Å². The molecule has 1 aliphatic rings. The first-order valence-corrected chi connectivity index (χ1v) is 9.32. The predicted molar refractivity (Wildman–Crippen MR) is 105 cm³/mol. The van der Waals surface area contributed by atoms with Crippen LogP contribution in [0.15, 0.2) is 36.4 Å². The maximum absolute atomic E-state index is 12.4. The molecule has 28 heavy (non-hydrogen) atoms. The Hall–Kier alpha value is -3.15. The molecule has 2 aromatic rings. The Kier molecular flexibility index (Phi) is 6.09. The Morgan fingerprint density at radius 1 is 1.04 bits per heavy atom. The number of rotatable bonds is 8. The summed E-state index contributed by atoms with van der Waals surface area (Å²) in [7, 11) is 0. The number of carboxylic acid groups (broad SMARTS) is 1. The lowest BCUT2D eigenvalue weighted by atomic mass is 10.0. The largest absolute Gasteiger partial charge is 0.482 e. The van der Waals surface area contributed by atoms with E-state index in [1.165, 1.54) is 11.1 Å². The van der Waals surface area contributed by atoms with Gasteiger partial charge in [0, 0.05) is 24.1 Å². The Labute approximate surface area is 163 Å². The molecule has 0 bridgehead atoms. The quantitative estimate of drug-likeness (QED) is 0.682. The first kappa shape index (κ1) is 19.6. The molecular weight excluding hydrogens is 358 g/mol. The van der Waals surface area contributed by atoms with Gasteiger partial charge >= 0.3 is 5.97 Å². The molecule has 0 atom stereocenters. The molecule has 146 valence electrons. The summed E-state index contributed by atoms with van der Waals surface area (Å²) in [5.41, 5.74) is 4.60. The van der Waals surface area contributed by atoms with Gasteiger partial charge in [-0.05, 0) is 67.1 Å². The van der Waals surface area contributed by atoms with Crippen molar-refractivity contribution >= 4 is 23.3 Å². The highest BCUT2D eigenvalue weighted by Crippen LogP contribution is 2.24. The van der Waals surface area contributed by atoms with Crippen LogP contribution in [0, 0.1) is 6.92 Å². The molecule has 0 fully saturated rings. The lowest BCUT2D eigenvalue weighted by molar-refractivity contribution is -0.139. The van der Waals surface area contributed by atoms with Crippen LogP contribution in [-0.4, -0.2) is 29.4 Å². The number of benzene rings is 2. The number of carboxylic acids is 1. The van der Waals surface area contributed by atoms with Crippen molar-refractivity contribution in [2.24, 2.45) is 0 Å². The van der Waals surface area contributed by atoms with Crippen molar-refractivity contribution in [2.45, 2.75) is 39.0 Å². The van der Waals surface area contributed by atoms with Crippen molar-refractivity contribution < 1.29 is 24.2 Å². The molecule has 6 nitrogen and oxygen atoms in total. The highest BCUT2D eigenvalue weighted by atomic mass is 16.5. The monoisotopic (exact) mass is 381 g/mol. The van der Waals surface area contributed by atoms with E-state index in [-0.39, 0.29) is 24.5 Å². The van der Waals surface area contributed by atoms with Crippen LogP contribution in [0.3, 0.4) is 0 Å². The number of ketones is 1. The molecule has 1 amide bonds. The van der Waals surface area contributed by atoms with Gasteiger partial charge in [0.05, 0.1) is 0 Å². The number of aryl methyl sites for hydroxylation is 3. The van der Waals surface area contributed by atoms with E-state index >= 15 is 0 Å². The van der Waals surface area contributed by atoms with Gasteiger partial charge in [-0.2, -0.15) is 0 Å². The van der Waals surface area contributed by atoms with Gasteiger partial charge < -0.3 is 15.2 Å². The molecule has 0 aromatic heterocycles. The van der Waals surface area contributed by atoms with Crippen LogP contribution in [0.25, 0.3) is 0 Å². The van der Waals surface area contributed by atoms with Crippen LogP contribution in [0.5, 0.6) is 5.75 Å². The van der Waals surface area contributed by atoms with E-state index in [1.54, 1.807) is 25.1 Å². The number of fused-ring (bicyclic) bond motifs is 1. The van der Waals surface area contributed by atoms with Crippen molar-refractivity contribution in [3.8, 4) is 5.75 Å². The second kappa shape index (κ2) is 8.69. The zero-order valence-electron chi connectivity index (χ0n) is 15.8. The van der Waals surface area contributed by atoms with E-state index in [9.17, 15) is 14.4 Å². The third-order valence-corrected chi connectivity index (χ3v) is 4.83. The fraction of sp³-hybridized carbons (Fsp3) is 0.318. The summed E-state index contributed by atoms with van der Waals surface area (Å²) < 4.78 is 5.11. The Bertz CT molecular complexity index is 919. The molecule has 0 spiro atoms. The van der Waals surface area contributed by atoms with Gasteiger partial charge in [-0.25, -0.2) is 4.79 Å². The Morgan fingerprint density at radius 3 is 2.57 bits per heavy atom. The summed E-state index contributed by atoms with van der Waals surface area (Å²) in [6.07, 6.45) is 3.49. The molecule has 0 unspecified atom stereocenters. The molecule has 2 N–H and O–H groups in total. The van der Waals surface area contributed by atoms with Crippen LogP contribution in [0.1, 0.15) is 46.3 Å². The first-order chi connectivity index (χ1) is 13.4. The second-order valence-electron chi connectivity index (χ2n) is 6.97. The number of hydrogen-bond acceptors (Lipinski definition) is 4. The molecular formula is C22H23NO5. The summed E-state index contributed by atoms with van der Waals surface area (Å²) in [5.74, 6) is -0.899. The highest BCUT2D eigenvalue weighted by Gasteiger charge is 2.15. The standard InChI is InChI=1S/C22H23NO5/c1-14-11-18(28-13-22(26)27)7-8-19(14)23-21(25)10-9-20(24)17-6-5-15-3-2-4-16(15)12-17/h5-8,11-12H,2-4,9-10,13H2,1H3,(H,23,25)(H,26,27). The van der Waals surface area contributed by atoms with Gasteiger partial charge in [-0.1, -0.05) is 12.1 Å². The lowest BCUT2D eigenvalue weighted by Gasteiger charge is -2.11. The minimum atomic E-state index is -1.05. The van der Waals surface area contributed by atoms with Crippen LogP contribution in [0.4, 0.5) is 5.69 Å². The van der Waals surface area contributed by atoms with E-state index in [0.717, 1.165) is 24.8 Å². The average Bonchev–Trinajstić information content (AvgIpc) is 3.14. The fourth-order valence-electron chi connectivity index (χ4n) is 3.34. The number of Topliss-reactive ketones (excluding diaryl/α,β-unsaturated/α-hetero) is 1. The van der Waals surface area contributed by atoms with E-state index in [1.807, 2.05) is 18.2 Å². The highest BCUT2D eigenvalue weighted by molar-refractivity contribution is 6.00.